The van der Waals surface area contributed by atoms with E-state index >= 15 is 0 Å². The minimum absolute atomic E-state index is 0.164. The van der Waals surface area contributed by atoms with Gasteiger partial charge in [-0.1, -0.05) is 42.0 Å². The van der Waals surface area contributed by atoms with Gasteiger partial charge in [-0.3, -0.25) is 4.79 Å². The largest absolute Gasteiger partial charge is 0.497 e. The fraction of sp³-hybridized carbons (Fsp3) is 0.167. The van der Waals surface area contributed by atoms with Crippen LogP contribution in [0.4, 0.5) is 0 Å². The number of aldehydes is 1. The van der Waals surface area contributed by atoms with Crippen molar-refractivity contribution in [2.75, 3.05) is 7.11 Å². The van der Waals surface area contributed by atoms with Crippen LogP contribution in [0.2, 0.25) is 0 Å². The van der Waals surface area contributed by atoms with Crippen LogP contribution in [0.1, 0.15) is 39.9 Å². The fourth-order valence-electron chi connectivity index (χ4n) is 2.94. The maximum atomic E-state index is 11.4. The van der Waals surface area contributed by atoms with Crippen molar-refractivity contribution in [2.45, 2.75) is 12.8 Å². The number of benzene rings is 2. The highest BCUT2D eigenvalue weighted by atomic mass is 16.5. The molecule has 0 N–H and O–H groups in total. The van der Waals surface area contributed by atoms with Gasteiger partial charge in [0.1, 0.15) is 12.0 Å². The Bertz CT molecular complexity index is 698. The summed E-state index contributed by atoms with van der Waals surface area (Å²) in [4.78, 5) is 11.4. The van der Waals surface area contributed by atoms with E-state index in [1.165, 1.54) is 16.7 Å². The molecule has 2 nitrogen and oxygen atoms in total. The first kappa shape index (κ1) is 12.7. The minimum Gasteiger partial charge on any atom is -0.497 e. The first-order valence-corrected chi connectivity index (χ1v) is 6.65. The van der Waals surface area contributed by atoms with Gasteiger partial charge in [0, 0.05) is 11.5 Å². The molecule has 0 saturated heterocycles. The number of methoxy groups -OCH3 is 1. The van der Waals surface area contributed by atoms with Gasteiger partial charge in [-0.05, 0) is 35.7 Å². The van der Waals surface area contributed by atoms with Gasteiger partial charge in [-0.2, -0.15) is 0 Å². The Morgan fingerprint density at radius 1 is 1.10 bits per heavy atom. The average Bonchev–Trinajstić information content (AvgIpc) is 2.82. The van der Waals surface area contributed by atoms with Crippen molar-refractivity contribution in [2.24, 2.45) is 0 Å². The molecule has 1 aliphatic rings. The molecular formula is C18H16O2. The normalized spacial score (nSPS) is 16.5. The summed E-state index contributed by atoms with van der Waals surface area (Å²) in [5.41, 5.74) is 5.50. The zero-order valence-electron chi connectivity index (χ0n) is 11.6. The van der Waals surface area contributed by atoms with Crippen molar-refractivity contribution in [3.63, 3.8) is 0 Å². The van der Waals surface area contributed by atoms with Crippen LogP contribution in [0.5, 0.6) is 5.75 Å². The molecule has 1 atom stereocenters. The molecule has 0 fully saturated rings. The molecule has 2 heteroatoms. The van der Waals surface area contributed by atoms with E-state index in [0.29, 0.717) is 11.3 Å². The predicted octanol–water partition coefficient (Wildman–Crippen LogP) is 4.06. The lowest BCUT2D eigenvalue weighted by molar-refractivity contribution is 0.112. The monoisotopic (exact) mass is 264 g/mol. The first-order valence-electron chi connectivity index (χ1n) is 6.65. The van der Waals surface area contributed by atoms with E-state index in [1.54, 1.807) is 13.2 Å². The molecule has 0 aliphatic heterocycles. The molecule has 3 rings (SSSR count). The van der Waals surface area contributed by atoms with Gasteiger partial charge in [0.2, 0.25) is 0 Å². The molecule has 20 heavy (non-hydrogen) atoms. The maximum Gasteiger partial charge on any atom is 0.150 e. The van der Waals surface area contributed by atoms with E-state index in [1.807, 2.05) is 24.3 Å². The molecule has 1 aliphatic carbocycles. The quantitative estimate of drug-likeness (QED) is 0.781. The van der Waals surface area contributed by atoms with Gasteiger partial charge in [-0.15, -0.1) is 0 Å². The number of hydrogen-bond donors (Lipinski definition) is 0. The molecule has 100 valence electrons. The number of carbonyl (C=O) groups is 1. The lowest BCUT2D eigenvalue weighted by Gasteiger charge is -2.17. The molecule has 0 saturated carbocycles. The van der Waals surface area contributed by atoms with Crippen molar-refractivity contribution >= 4 is 12.4 Å². The Morgan fingerprint density at radius 2 is 1.90 bits per heavy atom. The van der Waals surface area contributed by atoms with Gasteiger partial charge in [-0.25, -0.2) is 0 Å². The van der Waals surface area contributed by atoms with Crippen LogP contribution < -0.4 is 4.74 Å². The van der Waals surface area contributed by atoms with Crippen LogP contribution in [-0.2, 0) is 0 Å². The molecule has 2 aromatic rings. The average molecular weight is 264 g/mol. The van der Waals surface area contributed by atoms with E-state index < -0.39 is 0 Å². The van der Waals surface area contributed by atoms with Crippen molar-refractivity contribution in [3.8, 4) is 5.75 Å². The maximum absolute atomic E-state index is 11.4. The second kappa shape index (κ2) is 4.97. The highest BCUT2D eigenvalue weighted by molar-refractivity contribution is 5.81. The molecule has 0 heterocycles. The van der Waals surface area contributed by atoms with Crippen LogP contribution in [-0.4, -0.2) is 13.4 Å². The highest BCUT2D eigenvalue weighted by Crippen LogP contribution is 2.42. The Morgan fingerprint density at radius 3 is 2.65 bits per heavy atom. The van der Waals surface area contributed by atoms with Crippen molar-refractivity contribution in [3.05, 3.63) is 70.3 Å². The Balaban J connectivity index is 2.15. The molecular weight excluding hydrogens is 248 g/mol. The van der Waals surface area contributed by atoms with Crippen LogP contribution in [0.25, 0.3) is 6.08 Å². The molecule has 0 bridgehead atoms. The summed E-state index contributed by atoms with van der Waals surface area (Å²) in [7, 11) is 1.61. The number of fused-ring (bicyclic) bond motifs is 1. The number of rotatable bonds is 3. The summed E-state index contributed by atoms with van der Waals surface area (Å²) in [5.74, 6) is 0.876. The second-order valence-electron chi connectivity index (χ2n) is 5.06. The SMILES string of the molecule is COc1ccc(C2C(C)=Cc3ccccc32)c(C=O)c1. The van der Waals surface area contributed by atoms with E-state index in [2.05, 4.69) is 25.1 Å². The van der Waals surface area contributed by atoms with Gasteiger partial charge < -0.3 is 4.74 Å². The molecule has 2 aromatic carbocycles. The van der Waals surface area contributed by atoms with Crippen molar-refractivity contribution in [1.29, 1.82) is 0 Å². The van der Waals surface area contributed by atoms with Gasteiger partial charge in [0.05, 0.1) is 7.11 Å². The Labute approximate surface area is 118 Å². The van der Waals surface area contributed by atoms with E-state index in [4.69, 9.17) is 4.74 Å². The number of ether oxygens (including phenoxy) is 1. The standard InChI is InChI=1S/C18H16O2/c1-12-9-13-5-3-4-6-16(13)18(12)17-8-7-15(20-2)10-14(17)11-19/h3-11,18H,1-2H3. The van der Waals surface area contributed by atoms with E-state index in [-0.39, 0.29) is 5.92 Å². The minimum atomic E-state index is 0.164. The van der Waals surface area contributed by atoms with E-state index in [9.17, 15) is 4.79 Å². The van der Waals surface area contributed by atoms with Crippen LogP contribution in [0, 0.1) is 0 Å². The number of allylic oxidation sites excluding steroid dienone is 1. The van der Waals surface area contributed by atoms with Crippen LogP contribution in [0.3, 0.4) is 0 Å². The Kier molecular flexibility index (Phi) is 3.15. The van der Waals surface area contributed by atoms with E-state index in [0.717, 1.165) is 11.8 Å². The predicted molar refractivity (Wildman–Crippen MR) is 80.3 cm³/mol. The van der Waals surface area contributed by atoms with Crippen molar-refractivity contribution in [1.82, 2.24) is 0 Å². The molecule has 1 unspecified atom stereocenters. The zero-order chi connectivity index (χ0) is 14.1. The summed E-state index contributed by atoms with van der Waals surface area (Å²) in [6, 6.07) is 14.0. The smallest absolute Gasteiger partial charge is 0.150 e. The topological polar surface area (TPSA) is 26.3 Å². The third-order valence-corrected chi connectivity index (χ3v) is 3.88. The molecule has 0 radical (unpaired) electrons. The Hall–Kier alpha value is -2.35. The first-order chi connectivity index (χ1) is 9.74. The molecule has 0 spiro atoms. The zero-order valence-corrected chi connectivity index (χ0v) is 11.6. The number of carbonyl (C=O) groups excluding carboxylic acids is 1. The third-order valence-electron chi connectivity index (χ3n) is 3.88. The highest BCUT2D eigenvalue weighted by Gasteiger charge is 2.25. The summed E-state index contributed by atoms with van der Waals surface area (Å²) in [5, 5.41) is 0. The van der Waals surface area contributed by atoms with Gasteiger partial charge >= 0.3 is 0 Å². The second-order valence-corrected chi connectivity index (χ2v) is 5.06. The molecule has 0 aromatic heterocycles. The van der Waals surface area contributed by atoms with Gasteiger partial charge in [0.15, 0.2) is 0 Å². The third kappa shape index (κ3) is 1.94. The summed E-state index contributed by atoms with van der Waals surface area (Å²) < 4.78 is 5.20. The fourth-order valence-corrected chi connectivity index (χ4v) is 2.94. The lowest BCUT2D eigenvalue weighted by atomic mass is 9.86. The van der Waals surface area contributed by atoms with Crippen molar-refractivity contribution < 1.29 is 9.53 Å². The number of hydrogen-bond acceptors (Lipinski definition) is 2. The summed E-state index contributed by atoms with van der Waals surface area (Å²) in [6.45, 7) is 2.11. The summed E-state index contributed by atoms with van der Waals surface area (Å²) >= 11 is 0. The molecule has 0 amide bonds. The van der Waals surface area contributed by atoms with Crippen LogP contribution >= 0.6 is 0 Å². The van der Waals surface area contributed by atoms with Crippen LogP contribution in [0.15, 0.2) is 48.0 Å². The summed E-state index contributed by atoms with van der Waals surface area (Å²) in [6.07, 6.45) is 3.10. The van der Waals surface area contributed by atoms with Gasteiger partial charge in [0.25, 0.3) is 0 Å². The lowest BCUT2D eigenvalue weighted by Crippen LogP contribution is -2.04.